The maximum absolute atomic E-state index is 12.4. The van der Waals surface area contributed by atoms with Crippen LogP contribution in [0, 0.1) is 20.8 Å². The molecule has 1 aliphatic heterocycles. The summed E-state index contributed by atoms with van der Waals surface area (Å²) in [4.78, 5) is 16.7. The number of furan rings is 1. The van der Waals surface area contributed by atoms with Crippen molar-refractivity contribution in [2.45, 2.75) is 27.3 Å². The molecule has 6 heteroatoms. The van der Waals surface area contributed by atoms with Gasteiger partial charge >= 0.3 is 0 Å². The van der Waals surface area contributed by atoms with E-state index in [1.165, 1.54) is 0 Å². The lowest BCUT2D eigenvalue weighted by Gasteiger charge is -2.34. The molecule has 0 radical (unpaired) electrons. The fourth-order valence-corrected chi connectivity index (χ4v) is 2.84. The molecule has 2 aromatic heterocycles. The van der Waals surface area contributed by atoms with Crippen molar-refractivity contribution in [3.63, 3.8) is 0 Å². The van der Waals surface area contributed by atoms with Gasteiger partial charge in [-0.15, -0.1) is 0 Å². The lowest BCUT2D eigenvalue weighted by Crippen LogP contribution is -2.48. The number of hydrogen-bond donors (Lipinski definition) is 0. The van der Waals surface area contributed by atoms with Gasteiger partial charge in [0.05, 0.1) is 17.5 Å². The van der Waals surface area contributed by atoms with Gasteiger partial charge in [0, 0.05) is 38.3 Å². The average Bonchev–Trinajstić information content (AvgIpc) is 3.08. The second-order valence-corrected chi connectivity index (χ2v) is 5.76. The molecule has 0 unspecified atom stereocenters. The molecule has 0 N–H and O–H groups in total. The van der Waals surface area contributed by atoms with Crippen LogP contribution in [0.25, 0.3) is 0 Å². The molecule has 0 aliphatic carbocycles. The molecule has 3 heterocycles. The summed E-state index contributed by atoms with van der Waals surface area (Å²) in [5.74, 6) is 1.62. The zero-order valence-corrected chi connectivity index (χ0v) is 13.3. The number of carbonyl (C=O) groups excluding carboxylic acids is 1. The summed E-state index contributed by atoms with van der Waals surface area (Å²) in [6, 6.07) is 1.74. The number of amides is 1. The maximum atomic E-state index is 12.4. The summed E-state index contributed by atoms with van der Waals surface area (Å²) in [5, 5.41) is 3.99. The third kappa shape index (κ3) is 2.78. The van der Waals surface area contributed by atoms with E-state index < -0.39 is 0 Å². The summed E-state index contributed by atoms with van der Waals surface area (Å²) in [5.41, 5.74) is 2.77. The molecular formula is C16H21N3O3. The fraction of sp³-hybridized carbons (Fsp3) is 0.500. The van der Waals surface area contributed by atoms with Crippen molar-refractivity contribution in [2.75, 3.05) is 26.2 Å². The Bertz CT molecular complexity index is 646. The Morgan fingerprint density at radius 1 is 1.18 bits per heavy atom. The van der Waals surface area contributed by atoms with E-state index in [0.29, 0.717) is 11.3 Å². The fourth-order valence-electron chi connectivity index (χ4n) is 2.84. The van der Waals surface area contributed by atoms with Crippen LogP contribution in [-0.2, 0) is 6.54 Å². The first-order valence-electron chi connectivity index (χ1n) is 7.53. The van der Waals surface area contributed by atoms with Gasteiger partial charge in [0.2, 0.25) is 0 Å². The number of carbonyl (C=O) groups is 1. The van der Waals surface area contributed by atoms with Crippen LogP contribution < -0.4 is 0 Å². The van der Waals surface area contributed by atoms with Gasteiger partial charge in [-0.05, 0) is 26.8 Å². The molecule has 1 saturated heterocycles. The predicted octanol–water partition coefficient (Wildman–Crippen LogP) is 2.15. The summed E-state index contributed by atoms with van der Waals surface area (Å²) in [7, 11) is 0. The van der Waals surface area contributed by atoms with Crippen molar-refractivity contribution >= 4 is 5.91 Å². The van der Waals surface area contributed by atoms with Crippen molar-refractivity contribution in [3.8, 4) is 0 Å². The van der Waals surface area contributed by atoms with Gasteiger partial charge in [-0.1, -0.05) is 5.16 Å². The quantitative estimate of drug-likeness (QED) is 0.869. The molecular weight excluding hydrogens is 282 g/mol. The van der Waals surface area contributed by atoms with Gasteiger partial charge in [-0.2, -0.15) is 0 Å². The second-order valence-electron chi connectivity index (χ2n) is 5.76. The second kappa shape index (κ2) is 5.96. The average molecular weight is 303 g/mol. The van der Waals surface area contributed by atoms with Crippen molar-refractivity contribution < 1.29 is 13.7 Å². The molecule has 0 spiro atoms. The van der Waals surface area contributed by atoms with E-state index in [1.807, 2.05) is 25.7 Å². The van der Waals surface area contributed by atoms with Gasteiger partial charge in [0.15, 0.2) is 0 Å². The molecule has 0 aromatic carbocycles. The van der Waals surface area contributed by atoms with Gasteiger partial charge in [-0.3, -0.25) is 9.69 Å². The number of piperazine rings is 1. The smallest absolute Gasteiger partial charge is 0.257 e. The molecule has 22 heavy (non-hydrogen) atoms. The van der Waals surface area contributed by atoms with Gasteiger partial charge in [0.25, 0.3) is 5.91 Å². The molecule has 0 saturated carbocycles. The van der Waals surface area contributed by atoms with E-state index in [2.05, 4.69) is 10.1 Å². The van der Waals surface area contributed by atoms with E-state index in [-0.39, 0.29) is 5.91 Å². The number of aryl methyl sites for hydroxylation is 3. The Hall–Kier alpha value is -2.08. The van der Waals surface area contributed by atoms with E-state index in [0.717, 1.165) is 49.7 Å². The summed E-state index contributed by atoms with van der Waals surface area (Å²) >= 11 is 0. The third-order valence-corrected chi connectivity index (χ3v) is 4.31. The highest BCUT2D eigenvalue weighted by Gasteiger charge is 2.25. The molecule has 1 fully saturated rings. The summed E-state index contributed by atoms with van der Waals surface area (Å²) in [6.07, 6.45) is 1.57. The largest absolute Gasteiger partial charge is 0.469 e. The molecule has 6 nitrogen and oxygen atoms in total. The zero-order chi connectivity index (χ0) is 15.7. The summed E-state index contributed by atoms with van der Waals surface area (Å²) < 4.78 is 10.4. The Balaban J connectivity index is 1.59. The topological polar surface area (TPSA) is 62.7 Å². The van der Waals surface area contributed by atoms with Crippen LogP contribution in [0.3, 0.4) is 0 Å². The third-order valence-electron chi connectivity index (χ3n) is 4.31. The van der Waals surface area contributed by atoms with Gasteiger partial charge in [-0.25, -0.2) is 0 Å². The van der Waals surface area contributed by atoms with E-state index in [1.54, 1.807) is 12.3 Å². The molecule has 0 atom stereocenters. The summed E-state index contributed by atoms with van der Waals surface area (Å²) in [6.45, 7) is 9.72. The van der Waals surface area contributed by atoms with Crippen LogP contribution in [0.4, 0.5) is 0 Å². The number of nitrogens with zero attached hydrogens (tertiary/aromatic N) is 3. The number of aromatic nitrogens is 1. The van der Waals surface area contributed by atoms with Gasteiger partial charge in [0.1, 0.15) is 11.5 Å². The lowest BCUT2D eigenvalue weighted by atomic mass is 10.1. The Kier molecular flexibility index (Phi) is 4.02. The molecule has 1 amide bonds. The van der Waals surface area contributed by atoms with E-state index in [4.69, 9.17) is 8.94 Å². The first-order chi connectivity index (χ1) is 10.6. The SMILES string of the molecule is Cc1noc(C)c1CN1CCN(C(=O)c2ccoc2C)CC1. The molecule has 1 aliphatic rings. The van der Waals surface area contributed by atoms with Crippen molar-refractivity contribution in [2.24, 2.45) is 0 Å². The minimum absolute atomic E-state index is 0.0586. The first kappa shape index (κ1) is 14.8. The molecule has 3 rings (SSSR count). The Morgan fingerprint density at radius 2 is 1.91 bits per heavy atom. The number of rotatable bonds is 3. The predicted molar refractivity (Wildman–Crippen MR) is 80.6 cm³/mol. The van der Waals surface area contributed by atoms with E-state index >= 15 is 0 Å². The number of hydrogen-bond acceptors (Lipinski definition) is 5. The molecule has 2 aromatic rings. The Labute approximate surface area is 129 Å². The van der Waals surface area contributed by atoms with Crippen LogP contribution >= 0.6 is 0 Å². The highest BCUT2D eigenvalue weighted by atomic mass is 16.5. The van der Waals surface area contributed by atoms with Crippen molar-refractivity contribution in [3.05, 3.63) is 40.7 Å². The molecule has 118 valence electrons. The van der Waals surface area contributed by atoms with Crippen LogP contribution in [-0.4, -0.2) is 47.0 Å². The van der Waals surface area contributed by atoms with E-state index in [9.17, 15) is 4.79 Å². The zero-order valence-electron chi connectivity index (χ0n) is 13.3. The van der Waals surface area contributed by atoms with Crippen LogP contribution in [0.15, 0.2) is 21.3 Å². The standard InChI is InChI=1S/C16H21N3O3/c1-11-15(13(3)22-17-11)10-18-5-7-19(8-6-18)16(20)14-4-9-21-12(14)2/h4,9H,5-8,10H2,1-3H3. The Morgan fingerprint density at radius 3 is 2.45 bits per heavy atom. The first-order valence-corrected chi connectivity index (χ1v) is 7.53. The minimum atomic E-state index is 0.0586. The normalized spacial score (nSPS) is 16.2. The maximum Gasteiger partial charge on any atom is 0.257 e. The molecule has 0 bridgehead atoms. The minimum Gasteiger partial charge on any atom is -0.469 e. The monoisotopic (exact) mass is 303 g/mol. The van der Waals surface area contributed by atoms with Crippen LogP contribution in [0.2, 0.25) is 0 Å². The van der Waals surface area contributed by atoms with Crippen LogP contribution in [0.5, 0.6) is 0 Å². The van der Waals surface area contributed by atoms with Crippen molar-refractivity contribution in [1.29, 1.82) is 0 Å². The lowest BCUT2D eigenvalue weighted by molar-refractivity contribution is 0.0626. The highest BCUT2D eigenvalue weighted by molar-refractivity contribution is 5.95. The van der Waals surface area contributed by atoms with Gasteiger partial charge < -0.3 is 13.8 Å². The van der Waals surface area contributed by atoms with Crippen molar-refractivity contribution in [1.82, 2.24) is 15.0 Å². The highest BCUT2D eigenvalue weighted by Crippen LogP contribution is 2.18. The van der Waals surface area contributed by atoms with Crippen LogP contribution in [0.1, 0.15) is 33.1 Å².